The number of rotatable bonds is 7. The minimum absolute atomic E-state index is 0.210. The van der Waals surface area contributed by atoms with E-state index in [0.717, 1.165) is 27.7 Å². The van der Waals surface area contributed by atoms with Crippen LogP contribution in [0.5, 0.6) is 11.5 Å². The summed E-state index contributed by atoms with van der Waals surface area (Å²) < 4.78 is 16.5. The standard InChI is InChI=1S/C21H25N3O4S/c1-12-11-29-20(22-12)21(4,5)23-19(25)15-7-8-17(18(9-15)26-6)27-10-16-13(2)24-28-14(16)3/h7-9,11H,10H2,1-6H3,(H,23,25). The molecule has 29 heavy (non-hydrogen) atoms. The third-order valence-corrected chi connectivity index (χ3v) is 5.84. The molecule has 2 heterocycles. The molecule has 7 nitrogen and oxygen atoms in total. The van der Waals surface area contributed by atoms with Gasteiger partial charge in [0.1, 0.15) is 17.4 Å². The van der Waals surface area contributed by atoms with Crippen LogP contribution in [0.3, 0.4) is 0 Å². The molecule has 1 amide bonds. The maximum Gasteiger partial charge on any atom is 0.252 e. The summed E-state index contributed by atoms with van der Waals surface area (Å²) in [4.78, 5) is 17.3. The zero-order valence-corrected chi connectivity index (χ0v) is 18.3. The summed E-state index contributed by atoms with van der Waals surface area (Å²) >= 11 is 1.53. The summed E-state index contributed by atoms with van der Waals surface area (Å²) in [7, 11) is 1.54. The lowest BCUT2D eigenvalue weighted by atomic mass is 10.1. The quantitative estimate of drug-likeness (QED) is 0.619. The number of methoxy groups -OCH3 is 1. The number of hydrogen-bond acceptors (Lipinski definition) is 7. The average molecular weight is 416 g/mol. The molecule has 0 aliphatic carbocycles. The normalized spacial score (nSPS) is 11.4. The zero-order valence-electron chi connectivity index (χ0n) is 17.5. The number of carbonyl (C=O) groups excluding carboxylic acids is 1. The third-order valence-electron chi connectivity index (χ3n) is 4.56. The summed E-state index contributed by atoms with van der Waals surface area (Å²) in [5.41, 5.74) is 2.52. The van der Waals surface area contributed by atoms with E-state index < -0.39 is 5.54 Å². The molecule has 0 unspecified atom stereocenters. The van der Waals surface area contributed by atoms with Crippen molar-refractivity contribution in [2.75, 3.05) is 7.11 Å². The van der Waals surface area contributed by atoms with Crippen molar-refractivity contribution in [3.63, 3.8) is 0 Å². The van der Waals surface area contributed by atoms with Gasteiger partial charge >= 0.3 is 0 Å². The van der Waals surface area contributed by atoms with Crippen LogP contribution in [0.25, 0.3) is 0 Å². The van der Waals surface area contributed by atoms with E-state index in [0.29, 0.717) is 23.7 Å². The van der Waals surface area contributed by atoms with Gasteiger partial charge in [-0.05, 0) is 52.8 Å². The molecular formula is C21H25N3O4S. The number of carbonyl (C=O) groups is 1. The molecule has 0 radical (unpaired) electrons. The Kier molecular flexibility index (Phi) is 5.93. The van der Waals surface area contributed by atoms with Crippen LogP contribution in [0, 0.1) is 20.8 Å². The fourth-order valence-electron chi connectivity index (χ4n) is 2.84. The van der Waals surface area contributed by atoms with Crippen LogP contribution in [-0.4, -0.2) is 23.2 Å². The lowest BCUT2D eigenvalue weighted by Gasteiger charge is -2.24. The van der Waals surface area contributed by atoms with Crippen molar-refractivity contribution in [2.24, 2.45) is 0 Å². The maximum atomic E-state index is 12.8. The number of amides is 1. The number of aryl methyl sites for hydroxylation is 3. The molecule has 0 spiro atoms. The highest BCUT2D eigenvalue weighted by atomic mass is 32.1. The molecule has 2 aromatic heterocycles. The maximum absolute atomic E-state index is 12.8. The van der Waals surface area contributed by atoms with Gasteiger partial charge in [-0.25, -0.2) is 4.98 Å². The van der Waals surface area contributed by atoms with E-state index in [1.54, 1.807) is 25.3 Å². The molecule has 154 valence electrons. The van der Waals surface area contributed by atoms with E-state index >= 15 is 0 Å². The van der Waals surface area contributed by atoms with Gasteiger partial charge in [-0.2, -0.15) is 0 Å². The highest BCUT2D eigenvalue weighted by Crippen LogP contribution is 2.30. The highest BCUT2D eigenvalue weighted by Gasteiger charge is 2.27. The number of nitrogens with one attached hydrogen (secondary N) is 1. The molecular weight excluding hydrogens is 390 g/mol. The van der Waals surface area contributed by atoms with Crippen molar-refractivity contribution in [1.29, 1.82) is 0 Å². The van der Waals surface area contributed by atoms with Gasteiger partial charge < -0.3 is 19.3 Å². The fourth-order valence-corrected chi connectivity index (χ4v) is 3.71. The van der Waals surface area contributed by atoms with Crippen LogP contribution in [0.15, 0.2) is 28.1 Å². The van der Waals surface area contributed by atoms with Crippen LogP contribution in [-0.2, 0) is 12.1 Å². The molecule has 3 aromatic rings. The molecule has 0 fully saturated rings. The van der Waals surface area contributed by atoms with E-state index in [4.69, 9.17) is 14.0 Å². The van der Waals surface area contributed by atoms with Crippen molar-refractivity contribution in [2.45, 2.75) is 46.8 Å². The highest BCUT2D eigenvalue weighted by molar-refractivity contribution is 7.09. The Morgan fingerprint density at radius 3 is 2.59 bits per heavy atom. The summed E-state index contributed by atoms with van der Waals surface area (Å²) in [5.74, 6) is 1.53. The molecule has 0 bridgehead atoms. The number of ether oxygens (including phenoxy) is 2. The minimum Gasteiger partial charge on any atom is -0.493 e. The van der Waals surface area contributed by atoms with Gasteiger partial charge in [0.2, 0.25) is 0 Å². The number of aromatic nitrogens is 2. The molecule has 0 aliphatic rings. The van der Waals surface area contributed by atoms with Gasteiger partial charge in [0.05, 0.1) is 23.9 Å². The number of hydrogen-bond donors (Lipinski definition) is 1. The van der Waals surface area contributed by atoms with E-state index in [-0.39, 0.29) is 5.91 Å². The van der Waals surface area contributed by atoms with Crippen LogP contribution < -0.4 is 14.8 Å². The Hall–Kier alpha value is -2.87. The van der Waals surface area contributed by atoms with Crippen LogP contribution in [0.1, 0.15) is 51.9 Å². The van der Waals surface area contributed by atoms with Crippen molar-refractivity contribution >= 4 is 17.2 Å². The third kappa shape index (κ3) is 4.59. The summed E-state index contributed by atoms with van der Waals surface area (Å²) in [6, 6.07) is 5.11. The first-order valence-corrected chi connectivity index (χ1v) is 10.1. The molecule has 0 aliphatic heterocycles. The minimum atomic E-state index is -0.582. The first-order valence-electron chi connectivity index (χ1n) is 9.19. The molecule has 8 heteroatoms. The van der Waals surface area contributed by atoms with Gasteiger partial charge in [-0.3, -0.25) is 4.79 Å². The predicted molar refractivity (Wildman–Crippen MR) is 111 cm³/mol. The second-order valence-electron chi connectivity index (χ2n) is 7.33. The monoisotopic (exact) mass is 415 g/mol. The molecule has 0 saturated heterocycles. The SMILES string of the molecule is COc1cc(C(=O)NC(C)(C)c2nc(C)cs2)ccc1OCc1c(C)noc1C. The Morgan fingerprint density at radius 2 is 2.00 bits per heavy atom. The Labute approximate surface area is 174 Å². The summed E-state index contributed by atoms with van der Waals surface area (Å²) in [5, 5.41) is 9.79. The first kappa shape index (κ1) is 20.9. The van der Waals surface area contributed by atoms with Gasteiger partial charge in [-0.1, -0.05) is 5.16 Å². The van der Waals surface area contributed by atoms with Crippen LogP contribution in [0.4, 0.5) is 0 Å². The van der Waals surface area contributed by atoms with Crippen LogP contribution >= 0.6 is 11.3 Å². The zero-order chi connectivity index (χ0) is 21.2. The number of benzene rings is 1. The largest absolute Gasteiger partial charge is 0.493 e. The molecule has 1 aromatic carbocycles. The number of thiazole rings is 1. The van der Waals surface area contributed by atoms with Crippen molar-refractivity contribution in [3.8, 4) is 11.5 Å². The van der Waals surface area contributed by atoms with Gasteiger partial charge in [-0.15, -0.1) is 11.3 Å². The smallest absolute Gasteiger partial charge is 0.252 e. The summed E-state index contributed by atoms with van der Waals surface area (Å²) in [6.07, 6.45) is 0. The second kappa shape index (κ2) is 8.24. The molecule has 0 saturated carbocycles. The molecule has 3 rings (SSSR count). The van der Waals surface area contributed by atoms with Crippen LogP contribution in [0.2, 0.25) is 0 Å². The average Bonchev–Trinajstić information content (AvgIpc) is 3.26. The van der Waals surface area contributed by atoms with Crippen molar-refractivity contribution in [1.82, 2.24) is 15.5 Å². The van der Waals surface area contributed by atoms with Gasteiger partial charge in [0.25, 0.3) is 5.91 Å². The van der Waals surface area contributed by atoms with Crippen molar-refractivity contribution in [3.05, 3.63) is 56.9 Å². The van der Waals surface area contributed by atoms with Gasteiger partial charge in [0.15, 0.2) is 11.5 Å². The van der Waals surface area contributed by atoms with E-state index in [2.05, 4.69) is 15.5 Å². The van der Waals surface area contributed by atoms with Gasteiger partial charge in [0, 0.05) is 16.6 Å². The lowest BCUT2D eigenvalue weighted by Crippen LogP contribution is -2.41. The summed E-state index contributed by atoms with van der Waals surface area (Å²) in [6.45, 7) is 9.81. The Morgan fingerprint density at radius 1 is 1.24 bits per heavy atom. The Bertz CT molecular complexity index is 1000. The second-order valence-corrected chi connectivity index (χ2v) is 8.19. The Balaban J connectivity index is 1.74. The topological polar surface area (TPSA) is 86.5 Å². The molecule has 0 atom stereocenters. The van der Waals surface area contributed by atoms with E-state index in [9.17, 15) is 4.79 Å². The lowest BCUT2D eigenvalue weighted by molar-refractivity contribution is 0.0911. The number of nitrogens with zero attached hydrogens (tertiary/aromatic N) is 2. The van der Waals surface area contributed by atoms with E-state index in [1.807, 2.05) is 40.0 Å². The van der Waals surface area contributed by atoms with E-state index in [1.165, 1.54) is 11.3 Å². The predicted octanol–water partition coefficient (Wildman–Crippen LogP) is 4.31. The van der Waals surface area contributed by atoms with Crippen molar-refractivity contribution < 1.29 is 18.8 Å². The first-order chi connectivity index (χ1) is 13.7. The fraction of sp³-hybridized carbons (Fsp3) is 0.381. The molecule has 1 N–H and O–H groups in total.